The average Bonchev–Trinajstić information content (AvgIpc) is 2.35. The van der Waals surface area contributed by atoms with Gasteiger partial charge in [-0.1, -0.05) is 0 Å². The zero-order valence-corrected chi connectivity index (χ0v) is 10.8. The van der Waals surface area contributed by atoms with Crippen LogP contribution in [0.15, 0.2) is 11.1 Å². The first kappa shape index (κ1) is 13.3. The molecule has 0 aromatic carbocycles. The summed E-state index contributed by atoms with van der Waals surface area (Å²) in [5, 5.41) is 10.00. The minimum Gasteiger partial charge on any atom is -0.387 e. The second kappa shape index (κ2) is 4.59. The van der Waals surface area contributed by atoms with Gasteiger partial charge in [0.2, 0.25) is 0 Å². The number of nitrogens with zero attached hydrogens (tertiary/aromatic N) is 1. The Morgan fingerprint density at radius 2 is 1.69 bits per heavy atom. The molecule has 0 spiro atoms. The summed E-state index contributed by atoms with van der Waals surface area (Å²) in [7, 11) is 0. The summed E-state index contributed by atoms with van der Waals surface area (Å²) in [6, 6.07) is 0. The summed E-state index contributed by atoms with van der Waals surface area (Å²) in [6.07, 6.45) is 1.87. The molecule has 2 amide bonds. The lowest BCUT2D eigenvalue weighted by Crippen LogP contribution is -2.46. The molecule has 1 rings (SSSR count). The summed E-state index contributed by atoms with van der Waals surface area (Å²) in [5.74, 6) is -0.0879. The van der Waals surface area contributed by atoms with Crippen LogP contribution in [0.1, 0.15) is 20.8 Å². The second-order valence-electron chi connectivity index (χ2n) is 4.38. The molecule has 5 heteroatoms. The van der Waals surface area contributed by atoms with E-state index < -0.39 is 5.60 Å². The van der Waals surface area contributed by atoms with E-state index in [1.165, 1.54) is 11.8 Å². The molecule has 1 unspecified atom stereocenters. The van der Waals surface area contributed by atoms with E-state index in [1.54, 1.807) is 20.8 Å². The normalized spacial score (nSPS) is 20.7. The Morgan fingerprint density at radius 1 is 1.25 bits per heavy atom. The maximum Gasteiger partial charge on any atom is 0.256 e. The van der Waals surface area contributed by atoms with Crippen LogP contribution >= 0.6 is 11.8 Å². The highest BCUT2D eigenvalue weighted by Gasteiger charge is 2.37. The summed E-state index contributed by atoms with van der Waals surface area (Å²) < 4.78 is 0. The fourth-order valence-electron chi connectivity index (χ4n) is 1.66. The number of amides is 2. The van der Waals surface area contributed by atoms with Crippen molar-refractivity contribution in [3.05, 3.63) is 11.1 Å². The maximum atomic E-state index is 11.7. The SMILES string of the molecule is CSCC(C)(O)CN1C(=O)C(C)=C(C)C1=O. The molecule has 0 aromatic heterocycles. The van der Waals surface area contributed by atoms with Crippen molar-refractivity contribution in [2.24, 2.45) is 0 Å². The predicted octanol–water partition coefficient (Wildman–Crippen LogP) is 0.806. The van der Waals surface area contributed by atoms with Crippen molar-refractivity contribution >= 4 is 23.6 Å². The predicted molar refractivity (Wildman–Crippen MR) is 64.1 cm³/mol. The Labute approximate surface area is 99.7 Å². The largest absolute Gasteiger partial charge is 0.387 e. The Balaban J connectivity index is 2.79. The molecule has 90 valence electrons. The molecule has 0 saturated carbocycles. The fourth-order valence-corrected chi connectivity index (χ4v) is 2.37. The van der Waals surface area contributed by atoms with Gasteiger partial charge in [0.15, 0.2) is 0 Å². The molecule has 1 N–H and O–H groups in total. The van der Waals surface area contributed by atoms with Crippen LogP contribution in [0.2, 0.25) is 0 Å². The molecule has 0 aromatic rings. The van der Waals surface area contributed by atoms with Gasteiger partial charge in [0.1, 0.15) is 0 Å². The van der Waals surface area contributed by atoms with Crippen molar-refractivity contribution in [3.8, 4) is 0 Å². The van der Waals surface area contributed by atoms with Crippen molar-refractivity contribution in [3.63, 3.8) is 0 Å². The number of thioether (sulfide) groups is 1. The third-order valence-corrected chi connectivity index (χ3v) is 3.56. The van der Waals surface area contributed by atoms with E-state index in [0.717, 1.165) is 4.90 Å². The van der Waals surface area contributed by atoms with Gasteiger partial charge in [-0.15, -0.1) is 0 Å². The highest BCUT2D eigenvalue weighted by molar-refractivity contribution is 7.98. The van der Waals surface area contributed by atoms with Crippen LogP contribution in [0.4, 0.5) is 0 Å². The molecule has 1 heterocycles. The van der Waals surface area contributed by atoms with E-state index in [2.05, 4.69) is 0 Å². The Hall–Kier alpha value is -0.810. The van der Waals surface area contributed by atoms with Crippen LogP contribution < -0.4 is 0 Å². The summed E-state index contributed by atoms with van der Waals surface area (Å²) in [5.41, 5.74) is -0.0785. The summed E-state index contributed by atoms with van der Waals surface area (Å²) in [6.45, 7) is 4.96. The number of aliphatic hydroxyl groups is 1. The summed E-state index contributed by atoms with van der Waals surface area (Å²) in [4.78, 5) is 24.6. The van der Waals surface area contributed by atoms with Crippen molar-refractivity contribution in [1.82, 2.24) is 4.90 Å². The topological polar surface area (TPSA) is 57.6 Å². The van der Waals surface area contributed by atoms with E-state index in [9.17, 15) is 14.7 Å². The lowest BCUT2D eigenvalue weighted by molar-refractivity contribution is -0.140. The lowest BCUT2D eigenvalue weighted by Gasteiger charge is -2.27. The van der Waals surface area contributed by atoms with Gasteiger partial charge in [-0.3, -0.25) is 14.5 Å². The van der Waals surface area contributed by atoms with E-state index in [1.807, 2.05) is 6.26 Å². The van der Waals surface area contributed by atoms with Crippen molar-refractivity contribution in [1.29, 1.82) is 0 Å². The van der Waals surface area contributed by atoms with Crippen LogP contribution in [-0.2, 0) is 9.59 Å². The molecule has 4 nitrogen and oxygen atoms in total. The monoisotopic (exact) mass is 243 g/mol. The number of imide groups is 1. The van der Waals surface area contributed by atoms with Crippen LogP contribution in [0, 0.1) is 0 Å². The van der Waals surface area contributed by atoms with Crippen LogP contribution in [-0.4, -0.2) is 46.0 Å². The van der Waals surface area contributed by atoms with E-state index in [0.29, 0.717) is 16.9 Å². The first-order chi connectivity index (χ1) is 7.30. The number of hydrogen-bond acceptors (Lipinski definition) is 4. The smallest absolute Gasteiger partial charge is 0.256 e. The van der Waals surface area contributed by atoms with Crippen molar-refractivity contribution in [2.45, 2.75) is 26.4 Å². The molecular formula is C11H17NO3S. The van der Waals surface area contributed by atoms with Gasteiger partial charge in [-0.05, 0) is 27.0 Å². The zero-order valence-electron chi connectivity index (χ0n) is 10.0. The van der Waals surface area contributed by atoms with Crippen molar-refractivity contribution in [2.75, 3.05) is 18.6 Å². The Bertz CT molecular complexity index is 336. The molecule has 16 heavy (non-hydrogen) atoms. The highest BCUT2D eigenvalue weighted by Crippen LogP contribution is 2.23. The highest BCUT2D eigenvalue weighted by atomic mass is 32.2. The molecule has 1 aliphatic rings. The first-order valence-corrected chi connectivity index (χ1v) is 6.44. The van der Waals surface area contributed by atoms with Crippen molar-refractivity contribution < 1.29 is 14.7 Å². The number of β-amino-alcohol motifs (C(OH)–C–C–N with tert-alkyl or cyclic N) is 1. The Morgan fingerprint density at radius 3 is 2.06 bits per heavy atom. The van der Waals surface area contributed by atoms with Gasteiger partial charge < -0.3 is 5.11 Å². The third kappa shape index (κ3) is 2.47. The molecule has 1 aliphatic heterocycles. The van der Waals surface area contributed by atoms with Gasteiger partial charge in [0, 0.05) is 16.9 Å². The summed E-state index contributed by atoms with van der Waals surface area (Å²) >= 11 is 1.48. The number of carbonyl (C=O) groups excluding carboxylic acids is 2. The van der Waals surface area contributed by atoms with Gasteiger partial charge >= 0.3 is 0 Å². The van der Waals surface area contributed by atoms with Crippen LogP contribution in [0.5, 0.6) is 0 Å². The molecule has 0 aliphatic carbocycles. The van der Waals surface area contributed by atoms with Gasteiger partial charge in [0.05, 0.1) is 12.1 Å². The lowest BCUT2D eigenvalue weighted by atomic mass is 10.1. The molecule has 0 bridgehead atoms. The molecular weight excluding hydrogens is 226 g/mol. The third-order valence-electron chi connectivity index (χ3n) is 2.65. The Kier molecular flexibility index (Phi) is 3.80. The quantitative estimate of drug-likeness (QED) is 0.742. The number of carbonyl (C=O) groups is 2. The molecule has 0 radical (unpaired) electrons. The van der Waals surface area contributed by atoms with E-state index in [-0.39, 0.29) is 18.4 Å². The van der Waals surface area contributed by atoms with Crippen LogP contribution in [0.25, 0.3) is 0 Å². The minimum atomic E-state index is -1.03. The fraction of sp³-hybridized carbons (Fsp3) is 0.636. The van der Waals surface area contributed by atoms with Gasteiger partial charge in [0.25, 0.3) is 11.8 Å². The molecule has 0 saturated heterocycles. The van der Waals surface area contributed by atoms with E-state index >= 15 is 0 Å². The average molecular weight is 243 g/mol. The van der Waals surface area contributed by atoms with Crippen LogP contribution in [0.3, 0.4) is 0 Å². The molecule has 0 fully saturated rings. The second-order valence-corrected chi connectivity index (χ2v) is 5.24. The first-order valence-electron chi connectivity index (χ1n) is 5.05. The molecule has 1 atom stereocenters. The maximum absolute atomic E-state index is 11.7. The zero-order chi connectivity index (χ0) is 12.5. The van der Waals surface area contributed by atoms with Gasteiger partial charge in [-0.2, -0.15) is 11.8 Å². The van der Waals surface area contributed by atoms with E-state index in [4.69, 9.17) is 0 Å². The number of rotatable bonds is 4. The number of hydrogen-bond donors (Lipinski definition) is 1. The standard InChI is InChI=1S/C11H17NO3S/c1-7-8(2)10(14)12(9(7)13)5-11(3,15)6-16-4/h15H,5-6H2,1-4H3. The minimum absolute atomic E-state index is 0.0557. The van der Waals surface area contributed by atoms with Gasteiger partial charge in [-0.25, -0.2) is 0 Å².